The van der Waals surface area contributed by atoms with Gasteiger partial charge in [0.1, 0.15) is 5.82 Å². The second-order valence-corrected chi connectivity index (χ2v) is 6.54. The fraction of sp³-hybridized carbons (Fsp3) is 0.250. The molecule has 1 aliphatic rings. The van der Waals surface area contributed by atoms with E-state index in [9.17, 15) is 4.39 Å². The van der Waals surface area contributed by atoms with E-state index < -0.39 is 0 Å². The number of benzene rings is 2. The minimum Gasteiger partial charge on any atom is -0.327 e. The summed E-state index contributed by atoms with van der Waals surface area (Å²) in [5.41, 5.74) is 8.56. The molecule has 0 spiro atoms. The van der Waals surface area contributed by atoms with Crippen LogP contribution in [-0.2, 0) is 6.42 Å². The maximum atomic E-state index is 13.5. The number of hydrogen-bond acceptors (Lipinski definition) is 2. The molecule has 0 saturated heterocycles. The molecule has 2 aromatic carbocycles. The lowest BCUT2D eigenvalue weighted by Crippen LogP contribution is -2.30. The summed E-state index contributed by atoms with van der Waals surface area (Å²) in [6.45, 7) is 0. The molecule has 104 valence electrons. The van der Waals surface area contributed by atoms with Crippen molar-refractivity contribution in [3.63, 3.8) is 0 Å². The Morgan fingerprint density at radius 3 is 2.90 bits per heavy atom. The summed E-state index contributed by atoms with van der Waals surface area (Å²) < 4.78 is 13.5. The van der Waals surface area contributed by atoms with Crippen LogP contribution >= 0.6 is 23.4 Å². The predicted molar refractivity (Wildman–Crippen MR) is 83.0 cm³/mol. The molecule has 2 unspecified atom stereocenters. The lowest BCUT2D eigenvalue weighted by molar-refractivity contribution is 0.567. The lowest BCUT2D eigenvalue weighted by Gasteiger charge is -2.20. The highest BCUT2D eigenvalue weighted by Gasteiger charge is 2.28. The zero-order valence-electron chi connectivity index (χ0n) is 10.9. The average Bonchev–Trinajstić information content (AvgIpc) is 2.87. The molecule has 0 saturated carbocycles. The van der Waals surface area contributed by atoms with Gasteiger partial charge in [-0.3, -0.25) is 0 Å². The number of nitrogens with two attached hydrogens (primary N) is 1. The van der Waals surface area contributed by atoms with Crippen LogP contribution in [0.15, 0.2) is 47.4 Å². The van der Waals surface area contributed by atoms with E-state index in [-0.39, 0.29) is 16.9 Å². The maximum Gasteiger partial charge on any atom is 0.142 e. The van der Waals surface area contributed by atoms with E-state index in [1.165, 1.54) is 16.5 Å². The zero-order chi connectivity index (χ0) is 14.1. The Balaban J connectivity index is 1.77. The van der Waals surface area contributed by atoms with Crippen molar-refractivity contribution >= 4 is 23.4 Å². The summed E-state index contributed by atoms with van der Waals surface area (Å²) in [6, 6.07) is 13.3. The average molecular weight is 308 g/mol. The van der Waals surface area contributed by atoms with Crippen molar-refractivity contribution in [2.75, 3.05) is 5.75 Å². The molecule has 2 aromatic rings. The van der Waals surface area contributed by atoms with E-state index in [0.29, 0.717) is 12.3 Å². The molecule has 0 aliphatic carbocycles. The van der Waals surface area contributed by atoms with Crippen LogP contribution in [0.4, 0.5) is 4.39 Å². The summed E-state index contributed by atoms with van der Waals surface area (Å²) in [5, 5.41) is 0.157. The summed E-state index contributed by atoms with van der Waals surface area (Å²) >= 11 is 7.55. The van der Waals surface area contributed by atoms with Gasteiger partial charge in [0.05, 0.1) is 5.02 Å². The van der Waals surface area contributed by atoms with Crippen molar-refractivity contribution in [3.8, 4) is 0 Å². The van der Waals surface area contributed by atoms with Crippen molar-refractivity contribution in [3.05, 3.63) is 64.4 Å². The molecule has 1 aliphatic heterocycles. The Morgan fingerprint density at radius 2 is 2.10 bits per heavy atom. The van der Waals surface area contributed by atoms with Gasteiger partial charge in [-0.2, -0.15) is 0 Å². The third kappa shape index (κ3) is 2.71. The lowest BCUT2D eigenvalue weighted by atomic mass is 9.90. The second-order valence-electron chi connectivity index (χ2n) is 5.07. The molecule has 2 atom stereocenters. The number of fused-ring (bicyclic) bond motifs is 1. The summed E-state index contributed by atoms with van der Waals surface area (Å²) in [6.07, 6.45) is 0.660. The summed E-state index contributed by atoms with van der Waals surface area (Å²) in [5.74, 6) is 0.948. The van der Waals surface area contributed by atoms with E-state index >= 15 is 0 Å². The fourth-order valence-electron chi connectivity index (χ4n) is 2.62. The van der Waals surface area contributed by atoms with E-state index in [0.717, 1.165) is 11.3 Å². The second kappa shape index (κ2) is 5.76. The Labute approximate surface area is 127 Å². The maximum absolute atomic E-state index is 13.5. The van der Waals surface area contributed by atoms with Crippen LogP contribution in [0.3, 0.4) is 0 Å². The quantitative estimate of drug-likeness (QED) is 0.918. The van der Waals surface area contributed by atoms with Crippen molar-refractivity contribution in [1.29, 1.82) is 0 Å². The minimum atomic E-state index is -0.377. The van der Waals surface area contributed by atoms with Crippen LogP contribution < -0.4 is 5.73 Å². The van der Waals surface area contributed by atoms with Crippen LogP contribution in [0.5, 0.6) is 0 Å². The Hall–Kier alpha value is -1.03. The topological polar surface area (TPSA) is 26.0 Å². The van der Waals surface area contributed by atoms with Gasteiger partial charge in [0.25, 0.3) is 0 Å². The SMILES string of the molecule is NC(Cc1ccc(Cl)c(F)c1)C1CSc2ccccc21. The number of thioether (sulfide) groups is 1. The highest BCUT2D eigenvalue weighted by atomic mass is 35.5. The van der Waals surface area contributed by atoms with E-state index in [1.54, 1.807) is 6.07 Å². The third-order valence-corrected chi connectivity index (χ3v) is 5.22. The van der Waals surface area contributed by atoms with Crippen LogP contribution in [0.2, 0.25) is 5.02 Å². The molecular formula is C16H15ClFNS. The van der Waals surface area contributed by atoms with Gasteiger partial charge in [-0.05, 0) is 35.7 Å². The van der Waals surface area contributed by atoms with E-state index in [4.69, 9.17) is 17.3 Å². The van der Waals surface area contributed by atoms with Crippen molar-refractivity contribution in [1.82, 2.24) is 0 Å². The van der Waals surface area contributed by atoms with Crippen LogP contribution in [-0.4, -0.2) is 11.8 Å². The molecular weight excluding hydrogens is 293 g/mol. The molecule has 0 bridgehead atoms. The van der Waals surface area contributed by atoms with Gasteiger partial charge in [0.15, 0.2) is 0 Å². The Morgan fingerprint density at radius 1 is 1.30 bits per heavy atom. The Kier molecular flexibility index (Phi) is 4.01. The van der Waals surface area contributed by atoms with Gasteiger partial charge in [-0.1, -0.05) is 35.9 Å². The highest BCUT2D eigenvalue weighted by molar-refractivity contribution is 7.99. The molecule has 3 rings (SSSR count). The molecule has 1 nitrogen and oxygen atoms in total. The van der Waals surface area contributed by atoms with Gasteiger partial charge in [0, 0.05) is 22.6 Å². The third-order valence-electron chi connectivity index (χ3n) is 3.71. The van der Waals surface area contributed by atoms with Crippen molar-refractivity contribution < 1.29 is 4.39 Å². The monoisotopic (exact) mass is 307 g/mol. The fourth-order valence-corrected chi connectivity index (χ4v) is 4.09. The standard InChI is InChI=1S/C16H15ClFNS/c17-13-6-5-10(7-14(13)18)8-15(19)12-9-20-16-4-2-1-3-11(12)16/h1-7,12,15H,8-9,19H2. The van der Waals surface area contributed by atoms with Gasteiger partial charge >= 0.3 is 0 Å². The summed E-state index contributed by atoms with van der Waals surface area (Å²) in [4.78, 5) is 1.32. The van der Waals surface area contributed by atoms with E-state index in [1.807, 2.05) is 30.0 Å². The molecule has 0 radical (unpaired) electrons. The van der Waals surface area contributed by atoms with Crippen LogP contribution in [0, 0.1) is 5.82 Å². The first kappa shape index (κ1) is 13.9. The first-order valence-corrected chi connectivity index (χ1v) is 7.93. The smallest absolute Gasteiger partial charge is 0.142 e. The van der Waals surface area contributed by atoms with Crippen LogP contribution in [0.25, 0.3) is 0 Å². The predicted octanol–water partition coefficient (Wildman–Crippen LogP) is 4.24. The molecule has 0 fully saturated rings. The first-order chi connectivity index (χ1) is 9.65. The number of hydrogen-bond donors (Lipinski definition) is 1. The largest absolute Gasteiger partial charge is 0.327 e. The molecule has 0 amide bonds. The van der Waals surface area contributed by atoms with Gasteiger partial charge in [0.2, 0.25) is 0 Å². The number of halogens is 2. The molecule has 4 heteroatoms. The Bertz CT molecular complexity index is 632. The molecule has 1 heterocycles. The van der Waals surface area contributed by atoms with Crippen LogP contribution in [0.1, 0.15) is 17.0 Å². The van der Waals surface area contributed by atoms with Gasteiger partial charge in [-0.15, -0.1) is 11.8 Å². The molecule has 0 aromatic heterocycles. The normalized spacial score (nSPS) is 18.9. The van der Waals surface area contributed by atoms with E-state index in [2.05, 4.69) is 12.1 Å². The number of rotatable bonds is 3. The highest BCUT2D eigenvalue weighted by Crippen LogP contribution is 2.41. The van der Waals surface area contributed by atoms with Crippen molar-refractivity contribution in [2.45, 2.75) is 23.3 Å². The van der Waals surface area contributed by atoms with Crippen molar-refractivity contribution in [2.24, 2.45) is 5.73 Å². The molecule has 2 N–H and O–H groups in total. The zero-order valence-corrected chi connectivity index (χ0v) is 12.4. The minimum absolute atomic E-state index is 0.00766. The first-order valence-electron chi connectivity index (χ1n) is 6.56. The summed E-state index contributed by atoms with van der Waals surface area (Å²) in [7, 11) is 0. The van der Waals surface area contributed by atoms with Gasteiger partial charge in [-0.25, -0.2) is 4.39 Å². The molecule has 20 heavy (non-hydrogen) atoms. The van der Waals surface area contributed by atoms with Gasteiger partial charge < -0.3 is 5.73 Å².